The lowest BCUT2D eigenvalue weighted by Gasteiger charge is -2.17. The van der Waals surface area contributed by atoms with Crippen LogP contribution in [0.15, 0.2) is 59.7 Å². The molecule has 1 saturated heterocycles. The minimum atomic E-state index is -0.474. The van der Waals surface area contributed by atoms with Gasteiger partial charge in [0.2, 0.25) is 11.8 Å². The fraction of sp³-hybridized carbons (Fsp3) is 0.250. The summed E-state index contributed by atoms with van der Waals surface area (Å²) in [6, 6.07) is 16.5. The van der Waals surface area contributed by atoms with Crippen molar-refractivity contribution in [2.75, 3.05) is 18.6 Å². The molecule has 3 aromatic rings. The number of nitrogens with one attached hydrogen (secondary N) is 1. The molecule has 3 aromatic carbocycles. The second kappa shape index (κ2) is 11.7. The average Bonchev–Trinajstić information content (AvgIpc) is 3.28. The predicted octanol–water partition coefficient (Wildman–Crippen LogP) is 5.70. The van der Waals surface area contributed by atoms with Crippen LogP contribution in [0.4, 0.5) is 5.69 Å². The topological polar surface area (TPSA) is 80.2 Å². The number of ether oxygens (including phenoxy) is 2. The van der Waals surface area contributed by atoms with Crippen molar-refractivity contribution in [3.8, 4) is 11.5 Å². The number of aryl methyl sites for hydroxylation is 2. The van der Waals surface area contributed by atoms with Crippen molar-refractivity contribution in [3.63, 3.8) is 0 Å². The molecule has 1 heterocycles. The highest BCUT2D eigenvalue weighted by atomic mass is 35.5. The van der Waals surface area contributed by atoms with Gasteiger partial charge in [0.25, 0.3) is 0 Å². The van der Waals surface area contributed by atoms with E-state index in [2.05, 4.69) is 10.5 Å². The van der Waals surface area contributed by atoms with E-state index in [9.17, 15) is 9.59 Å². The summed E-state index contributed by atoms with van der Waals surface area (Å²) in [7, 11) is 1.54. The van der Waals surface area contributed by atoms with E-state index in [4.69, 9.17) is 32.7 Å². The molecular formula is C28H27Cl2N3O4. The van der Waals surface area contributed by atoms with E-state index in [-0.39, 0.29) is 24.8 Å². The van der Waals surface area contributed by atoms with Crippen molar-refractivity contribution < 1.29 is 19.1 Å². The van der Waals surface area contributed by atoms with E-state index in [1.807, 2.05) is 38.1 Å². The normalized spacial score (nSPS) is 15.3. The van der Waals surface area contributed by atoms with Gasteiger partial charge in [-0.25, -0.2) is 5.43 Å². The highest BCUT2D eigenvalue weighted by Crippen LogP contribution is 2.30. The largest absolute Gasteiger partial charge is 0.493 e. The molecule has 0 radical (unpaired) electrons. The standard InChI is InChI=1S/C28H27Cl2N3O4/c1-17-4-7-22(10-18(17)2)33-15-21(13-27(33)34)28(35)32-31-14-19-6-9-25(26(12-19)36-3)37-16-20-5-8-23(29)24(30)11-20/h4-12,14,21H,13,15-16H2,1-3H3,(H,32,35)/b31-14-/t21-/m1/s1. The smallest absolute Gasteiger partial charge is 0.245 e. The summed E-state index contributed by atoms with van der Waals surface area (Å²) in [5, 5.41) is 5.02. The number of benzene rings is 3. The van der Waals surface area contributed by atoms with Gasteiger partial charge in [-0.2, -0.15) is 5.10 Å². The quantitative estimate of drug-likeness (QED) is 0.294. The molecule has 1 atom stereocenters. The molecular weight excluding hydrogens is 513 g/mol. The van der Waals surface area contributed by atoms with Crippen LogP contribution in [0.3, 0.4) is 0 Å². The van der Waals surface area contributed by atoms with E-state index in [0.29, 0.717) is 33.7 Å². The van der Waals surface area contributed by atoms with E-state index in [1.54, 1.807) is 42.3 Å². The van der Waals surface area contributed by atoms with Crippen molar-refractivity contribution in [2.45, 2.75) is 26.9 Å². The molecule has 1 N–H and O–H groups in total. The molecule has 0 aromatic heterocycles. The van der Waals surface area contributed by atoms with Crippen LogP contribution >= 0.6 is 23.2 Å². The summed E-state index contributed by atoms with van der Waals surface area (Å²) in [6.07, 6.45) is 1.66. The number of halogens is 2. The Bertz CT molecular complexity index is 1360. The highest BCUT2D eigenvalue weighted by Gasteiger charge is 2.35. The Hall–Kier alpha value is -3.55. The number of rotatable bonds is 8. The molecule has 1 fully saturated rings. The van der Waals surface area contributed by atoms with E-state index < -0.39 is 5.92 Å². The SMILES string of the molecule is COc1cc(/C=N\NC(=O)[C@@H]2CC(=O)N(c3ccc(C)c(C)c3)C2)ccc1OCc1ccc(Cl)c(Cl)c1. The second-order valence-corrected chi connectivity index (χ2v) is 9.67. The molecule has 0 bridgehead atoms. The van der Waals surface area contributed by atoms with Gasteiger partial charge in [0, 0.05) is 18.7 Å². The summed E-state index contributed by atoms with van der Waals surface area (Å²) >= 11 is 12.0. The number of hydrogen-bond acceptors (Lipinski definition) is 5. The van der Waals surface area contributed by atoms with Crippen LogP contribution in [0.25, 0.3) is 0 Å². The lowest BCUT2D eigenvalue weighted by atomic mass is 10.1. The van der Waals surface area contributed by atoms with E-state index >= 15 is 0 Å². The third kappa shape index (κ3) is 6.42. The summed E-state index contributed by atoms with van der Waals surface area (Å²) < 4.78 is 11.3. The van der Waals surface area contributed by atoms with Gasteiger partial charge in [-0.05, 0) is 78.6 Å². The Morgan fingerprint density at radius 1 is 1.05 bits per heavy atom. The molecule has 1 aliphatic rings. The molecule has 0 spiro atoms. The summed E-state index contributed by atoms with van der Waals surface area (Å²) in [4.78, 5) is 26.8. The van der Waals surface area contributed by atoms with Crippen molar-refractivity contribution in [1.82, 2.24) is 5.43 Å². The maximum atomic E-state index is 12.7. The van der Waals surface area contributed by atoms with Crippen molar-refractivity contribution in [2.24, 2.45) is 11.0 Å². The number of carbonyl (C=O) groups excluding carboxylic acids is 2. The second-order valence-electron chi connectivity index (χ2n) is 8.86. The summed E-state index contributed by atoms with van der Waals surface area (Å²) in [5.41, 5.74) is 7.19. The van der Waals surface area contributed by atoms with Crippen LogP contribution in [-0.4, -0.2) is 31.7 Å². The molecule has 192 valence electrons. The number of hydrazone groups is 1. The number of anilines is 1. The van der Waals surface area contributed by atoms with Gasteiger partial charge in [0.1, 0.15) is 6.61 Å². The van der Waals surface area contributed by atoms with Crippen LogP contribution < -0.4 is 19.8 Å². The van der Waals surface area contributed by atoms with Gasteiger partial charge >= 0.3 is 0 Å². The van der Waals surface area contributed by atoms with Crippen LogP contribution in [0.2, 0.25) is 10.0 Å². The van der Waals surface area contributed by atoms with Crippen molar-refractivity contribution >= 4 is 46.9 Å². The predicted molar refractivity (Wildman–Crippen MR) is 146 cm³/mol. The van der Waals surface area contributed by atoms with Gasteiger partial charge in [-0.15, -0.1) is 0 Å². The summed E-state index contributed by atoms with van der Waals surface area (Å²) in [6.45, 7) is 4.63. The number of amides is 2. The zero-order valence-electron chi connectivity index (χ0n) is 20.8. The van der Waals surface area contributed by atoms with Crippen LogP contribution in [0, 0.1) is 19.8 Å². The first-order valence-electron chi connectivity index (χ1n) is 11.7. The first kappa shape index (κ1) is 26.5. The minimum absolute atomic E-state index is 0.0754. The molecule has 0 saturated carbocycles. The molecule has 4 rings (SSSR count). The van der Waals surface area contributed by atoms with Gasteiger partial charge in [0.05, 0.1) is 29.3 Å². The van der Waals surface area contributed by atoms with Crippen LogP contribution in [0.1, 0.15) is 28.7 Å². The maximum Gasteiger partial charge on any atom is 0.245 e. The number of nitrogens with zero attached hydrogens (tertiary/aromatic N) is 2. The Labute approximate surface area is 226 Å². The van der Waals surface area contributed by atoms with Crippen LogP contribution in [0.5, 0.6) is 11.5 Å². The third-order valence-electron chi connectivity index (χ3n) is 6.25. The maximum absolute atomic E-state index is 12.7. The van der Waals surface area contributed by atoms with Crippen LogP contribution in [-0.2, 0) is 16.2 Å². The molecule has 7 nitrogen and oxygen atoms in total. The zero-order chi connectivity index (χ0) is 26.5. The molecule has 37 heavy (non-hydrogen) atoms. The molecule has 2 amide bonds. The molecule has 0 aliphatic carbocycles. The Kier molecular flexibility index (Phi) is 8.36. The third-order valence-corrected chi connectivity index (χ3v) is 6.99. The van der Waals surface area contributed by atoms with E-state index in [0.717, 1.165) is 22.4 Å². The summed E-state index contributed by atoms with van der Waals surface area (Å²) in [5.74, 6) is 0.211. The Morgan fingerprint density at radius 2 is 1.86 bits per heavy atom. The molecule has 0 unspecified atom stereocenters. The lowest BCUT2D eigenvalue weighted by molar-refractivity contribution is -0.126. The Balaban J connectivity index is 1.34. The molecule has 1 aliphatic heterocycles. The number of hydrogen-bond donors (Lipinski definition) is 1. The van der Waals surface area contributed by atoms with Crippen molar-refractivity contribution in [3.05, 3.63) is 86.9 Å². The number of methoxy groups -OCH3 is 1. The van der Waals surface area contributed by atoms with Gasteiger partial charge in [-0.3, -0.25) is 9.59 Å². The monoisotopic (exact) mass is 539 g/mol. The van der Waals surface area contributed by atoms with Gasteiger partial charge in [-0.1, -0.05) is 35.3 Å². The Morgan fingerprint density at radius 3 is 2.59 bits per heavy atom. The lowest BCUT2D eigenvalue weighted by Crippen LogP contribution is -2.30. The zero-order valence-corrected chi connectivity index (χ0v) is 22.3. The minimum Gasteiger partial charge on any atom is -0.493 e. The number of carbonyl (C=O) groups is 2. The molecule has 9 heteroatoms. The first-order chi connectivity index (χ1) is 17.7. The fourth-order valence-corrected chi connectivity index (χ4v) is 4.28. The highest BCUT2D eigenvalue weighted by molar-refractivity contribution is 6.42. The van der Waals surface area contributed by atoms with E-state index in [1.165, 1.54) is 6.21 Å². The van der Waals surface area contributed by atoms with Gasteiger partial charge in [0.15, 0.2) is 11.5 Å². The van der Waals surface area contributed by atoms with Gasteiger partial charge < -0.3 is 14.4 Å². The first-order valence-corrected chi connectivity index (χ1v) is 12.5. The van der Waals surface area contributed by atoms with Crippen molar-refractivity contribution in [1.29, 1.82) is 0 Å². The fourth-order valence-electron chi connectivity index (χ4n) is 3.96. The average molecular weight is 540 g/mol.